The van der Waals surface area contributed by atoms with Gasteiger partial charge in [-0.2, -0.15) is 0 Å². The molecule has 3 aromatic rings. The molecular weight excluding hydrogens is 338 g/mol. The van der Waals surface area contributed by atoms with Crippen LogP contribution in [0.3, 0.4) is 0 Å². The van der Waals surface area contributed by atoms with Crippen molar-refractivity contribution in [2.24, 2.45) is 0 Å². The van der Waals surface area contributed by atoms with Gasteiger partial charge >= 0.3 is 0 Å². The van der Waals surface area contributed by atoms with Crippen molar-refractivity contribution in [3.05, 3.63) is 83.9 Å². The third kappa shape index (κ3) is 3.87. The minimum atomic E-state index is -0.318. The fourth-order valence-electron chi connectivity index (χ4n) is 3.53. The van der Waals surface area contributed by atoms with Crippen LogP contribution >= 0.6 is 0 Å². The van der Waals surface area contributed by atoms with Crippen molar-refractivity contribution >= 4 is 5.91 Å². The molecule has 1 aromatic heterocycles. The van der Waals surface area contributed by atoms with E-state index in [4.69, 9.17) is 4.74 Å². The molecule has 5 heteroatoms. The fourth-order valence-corrected chi connectivity index (χ4v) is 3.53. The summed E-state index contributed by atoms with van der Waals surface area (Å²) in [6.07, 6.45) is 6.19. The second kappa shape index (κ2) is 6.91. The zero-order valence-corrected chi connectivity index (χ0v) is 15.6. The van der Waals surface area contributed by atoms with Gasteiger partial charge in [0, 0.05) is 36.5 Å². The monoisotopic (exact) mass is 361 g/mol. The third-order valence-electron chi connectivity index (χ3n) is 4.82. The number of hydrogen-bond acceptors (Lipinski definition) is 3. The molecule has 1 aliphatic rings. The Morgan fingerprint density at radius 2 is 2.00 bits per heavy atom. The smallest absolute Gasteiger partial charge is 0.251 e. The van der Waals surface area contributed by atoms with Crippen molar-refractivity contribution in [3.63, 3.8) is 0 Å². The molecule has 1 N–H and O–H groups in total. The van der Waals surface area contributed by atoms with Crippen molar-refractivity contribution in [1.29, 1.82) is 0 Å². The van der Waals surface area contributed by atoms with Crippen LogP contribution in [0.1, 0.15) is 47.8 Å². The lowest BCUT2D eigenvalue weighted by atomic mass is 9.89. The normalized spacial score (nSPS) is 17.6. The molecule has 138 valence electrons. The van der Waals surface area contributed by atoms with Gasteiger partial charge in [0.25, 0.3) is 5.91 Å². The van der Waals surface area contributed by atoms with Crippen LogP contribution in [0.2, 0.25) is 0 Å². The van der Waals surface area contributed by atoms with Crippen LogP contribution in [0.5, 0.6) is 5.75 Å². The van der Waals surface area contributed by atoms with E-state index in [2.05, 4.69) is 10.3 Å². The van der Waals surface area contributed by atoms with Crippen molar-refractivity contribution in [3.8, 4) is 5.75 Å². The van der Waals surface area contributed by atoms with Crippen LogP contribution in [0.25, 0.3) is 0 Å². The molecule has 5 nitrogen and oxygen atoms in total. The van der Waals surface area contributed by atoms with Crippen molar-refractivity contribution in [2.75, 3.05) is 0 Å². The largest absolute Gasteiger partial charge is 0.487 e. The number of carbonyl (C=O) groups excluding carboxylic acids is 1. The van der Waals surface area contributed by atoms with Gasteiger partial charge in [0.05, 0.1) is 12.4 Å². The number of aromatic nitrogens is 2. The van der Waals surface area contributed by atoms with E-state index in [1.165, 1.54) is 0 Å². The highest BCUT2D eigenvalue weighted by Gasteiger charge is 2.34. The summed E-state index contributed by atoms with van der Waals surface area (Å²) in [6.45, 7) is 4.84. The second-order valence-electron chi connectivity index (χ2n) is 7.56. The molecule has 0 saturated carbocycles. The predicted molar refractivity (Wildman–Crippen MR) is 104 cm³/mol. The van der Waals surface area contributed by atoms with Crippen LogP contribution in [0, 0.1) is 0 Å². The number of benzene rings is 2. The van der Waals surface area contributed by atoms with Crippen molar-refractivity contribution in [1.82, 2.24) is 14.9 Å². The molecule has 27 heavy (non-hydrogen) atoms. The Labute approximate surface area is 159 Å². The van der Waals surface area contributed by atoms with E-state index in [0.29, 0.717) is 5.56 Å². The first-order valence-corrected chi connectivity index (χ1v) is 9.14. The molecular formula is C22H23N3O2. The number of nitrogens with one attached hydrogen (secondary N) is 1. The molecule has 2 aromatic carbocycles. The van der Waals surface area contributed by atoms with Gasteiger partial charge in [-0.15, -0.1) is 0 Å². The van der Waals surface area contributed by atoms with Gasteiger partial charge in [0.2, 0.25) is 0 Å². The number of ether oxygens (including phenoxy) is 1. The van der Waals surface area contributed by atoms with Crippen LogP contribution < -0.4 is 10.1 Å². The molecule has 2 heterocycles. The minimum absolute atomic E-state index is 0.0666. The highest BCUT2D eigenvalue weighted by Crippen LogP contribution is 2.39. The Hall–Kier alpha value is -3.08. The number of rotatable bonds is 4. The highest BCUT2D eigenvalue weighted by atomic mass is 16.5. The van der Waals surface area contributed by atoms with Gasteiger partial charge in [-0.05, 0) is 37.6 Å². The lowest BCUT2D eigenvalue weighted by Crippen LogP contribution is -2.41. The average Bonchev–Trinajstić information content (AvgIpc) is 3.14. The Kier molecular flexibility index (Phi) is 4.44. The van der Waals surface area contributed by atoms with E-state index < -0.39 is 0 Å². The maximum Gasteiger partial charge on any atom is 0.251 e. The summed E-state index contributed by atoms with van der Waals surface area (Å²) >= 11 is 0. The third-order valence-corrected chi connectivity index (χ3v) is 4.82. The minimum Gasteiger partial charge on any atom is -0.487 e. The van der Waals surface area contributed by atoms with E-state index in [0.717, 1.165) is 29.8 Å². The molecule has 1 unspecified atom stereocenters. The van der Waals surface area contributed by atoms with Gasteiger partial charge in [0.15, 0.2) is 0 Å². The number of amides is 1. The first kappa shape index (κ1) is 17.3. The summed E-state index contributed by atoms with van der Waals surface area (Å²) in [5.74, 6) is 0.774. The standard InChI is InChI=1S/C22H23N3O2/c1-22(2)13-19(18-5-3-4-6-20(18)27-22)24-21(26)17-9-7-16(8-10-17)14-25-12-11-23-15-25/h3-12,15,19H,13-14H2,1-2H3,(H,24,26). The molecule has 0 spiro atoms. The van der Waals surface area contributed by atoms with E-state index >= 15 is 0 Å². The highest BCUT2D eigenvalue weighted by molar-refractivity contribution is 5.94. The quantitative estimate of drug-likeness (QED) is 0.765. The zero-order chi connectivity index (χ0) is 18.9. The molecule has 0 aliphatic carbocycles. The van der Waals surface area contributed by atoms with Gasteiger partial charge in [-0.1, -0.05) is 30.3 Å². The van der Waals surface area contributed by atoms with E-state index in [1.54, 1.807) is 12.5 Å². The molecule has 0 fully saturated rings. The SMILES string of the molecule is CC1(C)CC(NC(=O)c2ccc(Cn3ccnc3)cc2)c2ccccc2O1. The number of imidazole rings is 1. The van der Waals surface area contributed by atoms with Crippen LogP contribution in [-0.2, 0) is 6.54 Å². The summed E-state index contributed by atoms with van der Waals surface area (Å²) in [6, 6.07) is 15.6. The molecule has 1 amide bonds. The van der Waals surface area contributed by atoms with Crippen LogP contribution in [0.15, 0.2) is 67.3 Å². The van der Waals surface area contributed by atoms with E-state index in [1.807, 2.05) is 73.1 Å². The van der Waals surface area contributed by atoms with E-state index in [9.17, 15) is 4.79 Å². The lowest BCUT2D eigenvalue weighted by molar-refractivity contribution is 0.0619. The molecule has 1 aliphatic heterocycles. The fraction of sp³-hybridized carbons (Fsp3) is 0.273. The van der Waals surface area contributed by atoms with Crippen molar-refractivity contribution in [2.45, 2.75) is 38.5 Å². The summed E-state index contributed by atoms with van der Waals surface area (Å²) < 4.78 is 8.04. The number of nitrogens with zero attached hydrogens (tertiary/aromatic N) is 2. The first-order chi connectivity index (χ1) is 13.0. The average molecular weight is 361 g/mol. The summed E-state index contributed by atoms with van der Waals surface area (Å²) in [5, 5.41) is 3.18. The van der Waals surface area contributed by atoms with Crippen LogP contribution in [-0.4, -0.2) is 21.1 Å². The van der Waals surface area contributed by atoms with Gasteiger partial charge in [0.1, 0.15) is 11.4 Å². The first-order valence-electron chi connectivity index (χ1n) is 9.14. The maximum absolute atomic E-state index is 12.8. The number of hydrogen-bond donors (Lipinski definition) is 1. The Morgan fingerprint density at radius 3 is 2.74 bits per heavy atom. The molecule has 1 atom stereocenters. The van der Waals surface area contributed by atoms with Crippen molar-refractivity contribution < 1.29 is 9.53 Å². The summed E-state index contributed by atoms with van der Waals surface area (Å²) in [5.41, 5.74) is 2.50. The summed E-state index contributed by atoms with van der Waals surface area (Å²) in [7, 11) is 0. The topological polar surface area (TPSA) is 56.2 Å². The van der Waals surface area contributed by atoms with Crippen LogP contribution in [0.4, 0.5) is 0 Å². The van der Waals surface area contributed by atoms with Gasteiger partial charge in [-0.3, -0.25) is 4.79 Å². The predicted octanol–water partition coefficient (Wildman–Crippen LogP) is 3.96. The molecule has 0 bridgehead atoms. The van der Waals surface area contributed by atoms with E-state index in [-0.39, 0.29) is 17.6 Å². The number of fused-ring (bicyclic) bond motifs is 1. The Bertz CT molecular complexity index is 930. The lowest BCUT2D eigenvalue weighted by Gasteiger charge is -2.37. The van der Waals surface area contributed by atoms with Gasteiger partial charge < -0.3 is 14.6 Å². The maximum atomic E-state index is 12.8. The Balaban J connectivity index is 1.49. The summed E-state index contributed by atoms with van der Waals surface area (Å²) in [4.78, 5) is 16.8. The molecule has 4 rings (SSSR count). The zero-order valence-electron chi connectivity index (χ0n) is 15.6. The Morgan fingerprint density at radius 1 is 1.22 bits per heavy atom. The number of carbonyl (C=O) groups is 1. The molecule has 0 radical (unpaired) electrons. The number of para-hydroxylation sites is 1. The van der Waals surface area contributed by atoms with Gasteiger partial charge in [-0.25, -0.2) is 4.98 Å². The molecule has 0 saturated heterocycles. The second-order valence-corrected chi connectivity index (χ2v) is 7.56.